The molecule has 0 radical (unpaired) electrons. The lowest BCUT2D eigenvalue weighted by Gasteiger charge is -2.31. The zero-order chi connectivity index (χ0) is 21.1. The normalized spacial score (nSPS) is 19.1. The van der Waals surface area contributed by atoms with E-state index in [2.05, 4.69) is 10.3 Å². The first-order valence-electron chi connectivity index (χ1n) is 10.8. The predicted octanol–water partition coefficient (Wildman–Crippen LogP) is 3.24. The number of amides is 1. The lowest BCUT2D eigenvalue weighted by atomic mass is 9.92. The summed E-state index contributed by atoms with van der Waals surface area (Å²) >= 11 is 0. The third-order valence-electron chi connectivity index (χ3n) is 6.27. The second-order valence-electron chi connectivity index (χ2n) is 8.30. The van der Waals surface area contributed by atoms with Crippen molar-refractivity contribution in [3.05, 3.63) is 59.4 Å². The molecule has 30 heavy (non-hydrogen) atoms. The zero-order valence-corrected chi connectivity index (χ0v) is 18.2. The van der Waals surface area contributed by atoms with Crippen LogP contribution in [0.4, 0.5) is 0 Å². The van der Waals surface area contributed by atoms with Crippen LogP contribution in [0, 0.1) is 5.92 Å². The molecule has 6 nitrogen and oxygen atoms in total. The van der Waals surface area contributed by atoms with Crippen LogP contribution in [0.2, 0.25) is 0 Å². The Hall–Kier alpha value is -2.25. The van der Waals surface area contributed by atoms with Crippen LogP contribution < -0.4 is 5.32 Å². The molecular formula is C23H29N3O3S. The molecule has 1 aromatic heterocycles. The van der Waals surface area contributed by atoms with Crippen LogP contribution in [-0.2, 0) is 27.7 Å². The van der Waals surface area contributed by atoms with Gasteiger partial charge < -0.3 is 5.32 Å². The Morgan fingerprint density at radius 1 is 1.10 bits per heavy atom. The molecule has 1 aromatic carbocycles. The second-order valence-corrected chi connectivity index (χ2v) is 10.2. The lowest BCUT2D eigenvalue weighted by Crippen LogP contribution is -2.43. The summed E-state index contributed by atoms with van der Waals surface area (Å²) in [6.45, 7) is 2.65. The number of rotatable bonds is 5. The second kappa shape index (κ2) is 8.86. The van der Waals surface area contributed by atoms with Gasteiger partial charge in [0.15, 0.2) is 0 Å². The Labute approximate surface area is 178 Å². The van der Waals surface area contributed by atoms with Gasteiger partial charge in [-0.1, -0.05) is 12.1 Å². The minimum Gasteiger partial charge on any atom is -0.348 e. The van der Waals surface area contributed by atoms with E-state index in [4.69, 9.17) is 0 Å². The van der Waals surface area contributed by atoms with E-state index < -0.39 is 10.0 Å². The maximum atomic E-state index is 13.1. The van der Waals surface area contributed by atoms with E-state index in [9.17, 15) is 13.2 Å². The molecule has 0 spiro atoms. The third-order valence-corrected chi connectivity index (χ3v) is 8.17. The predicted molar refractivity (Wildman–Crippen MR) is 115 cm³/mol. The molecule has 2 heterocycles. The first-order valence-corrected chi connectivity index (χ1v) is 12.2. The summed E-state index contributed by atoms with van der Waals surface area (Å²) in [4.78, 5) is 17.3. The molecule has 2 aromatic rings. The smallest absolute Gasteiger partial charge is 0.243 e. The fourth-order valence-corrected chi connectivity index (χ4v) is 5.94. The maximum Gasteiger partial charge on any atom is 0.243 e. The number of benzene rings is 1. The number of hydrogen-bond donors (Lipinski definition) is 1. The molecule has 1 aliphatic heterocycles. The van der Waals surface area contributed by atoms with Crippen LogP contribution >= 0.6 is 0 Å². The first-order chi connectivity index (χ1) is 14.4. The highest BCUT2D eigenvalue weighted by Crippen LogP contribution is 2.28. The fourth-order valence-electron chi connectivity index (χ4n) is 4.41. The molecule has 1 N–H and O–H groups in total. The topological polar surface area (TPSA) is 79.4 Å². The van der Waals surface area contributed by atoms with E-state index in [0.29, 0.717) is 30.8 Å². The van der Waals surface area contributed by atoms with Crippen molar-refractivity contribution in [1.82, 2.24) is 14.6 Å². The monoisotopic (exact) mass is 427 g/mol. The van der Waals surface area contributed by atoms with Gasteiger partial charge >= 0.3 is 0 Å². The van der Waals surface area contributed by atoms with Gasteiger partial charge in [0.25, 0.3) is 0 Å². The van der Waals surface area contributed by atoms with Crippen LogP contribution in [0.5, 0.6) is 0 Å². The molecule has 1 fully saturated rings. The molecule has 7 heteroatoms. The van der Waals surface area contributed by atoms with Crippen molar-refractivity contribution < 1.29 is 13.2 Å². The van der Waals surface area contributed by atoms with Gasteiger partial charge in [0.05, 0.1) is 16.6 Å². The van der Waals surface area contributed by atoms with Gasteiger partial charge in [-0.15, -0.1) is 0 Å². The van der Waals surface area contributed by atoms with E-state index >= 15 is 0 Å². The number of piperidine rings is 1. The number of carbonyl (C=O) groups excluding carboxylic acids is 1. The Morgan fingerprint density at radius 2 is 1.83 bits per heavy atom. The van der Waals surface area contributed by atoms with Crippen molar-refractivity contribution in [3.63, 3.8) is 0 Å². The number of pyridine rings is 1. The van der Waals surface area contributed by atoms with Crippen molar-refractivity contribution in [2.24, 2.45) is 5.92 Å². The van der Waals surface area contributed by atoms with Crippen molar-refractivity contribution in [2.75, 3.05) is 13.1 Å². The summed E-state index contributed by atoms with van der Waals surface area (Å²) in [5.74, 6) is -0.204. The van der Waals surface area contributed by atoms with Crippen LogP contribution in [-0.4, -0.2) is 36.7 Å². The Balaban J connectivity index is 1.37. The highest BCUT2D eigenvalue weighted by atomic mass is 32.2. The van der Waals surface area contributed by atoms with Crippen LogP contribution in [0.3, 0.4) is 0 Å². The molecule has 1 saturated heterocycles. The summed E-state index contributed by atoms with van der Waals surface area (Å²) in [7, 11) is -3.52. The molecule has 1 unspecified atom stereocenters. The third kappa shape index (κ3) is 4.42. The van der Waals surface area contributed by atoms with Gasteiger partial charge in [0, 0.05) is 25.2 Å². The summed E-state index contributed by atoms with van der Waals surface area (Å²) in [5, 5.41) is 3.02. The number of nitrogens with one attached hydrogen (secondary N) is 1. The highest BCUT2D eigenvalue weighted by molar-refractivity contribution is 7.89. The number of hydrogen-bond acceptors (Lipinski definition) is 4. The van der Waals surface area contributed by atoms with Gasteiger partial charge in [-0.05, 0) is 80.8 Å². The van der Waals surface area contributed by atoms with E-state index in [0.717, 1.165) is 25.0 Å². The lowest BCUT2D eigenvalue weighted by molar-refractivity contribution is -0.126. The van der Waals surface area contributed by atoms with Gasteiger partial charge in [0.1, 0.15) is 0 Å². The van der Waals surface area contributed by atoms with E-state index in [-0.39, 0.29) is 17.9 Å². The minimum atomic E-state index is -3.52. The number of fused-ring (bicyclic) bond motifs is 1. The molecule has 4 rings (SSSR count). The number of aromatic nitrogens is 1. The average molecular weight is 428 g/mol. The Bertz CT molecular complexity index is 1000. The van der Waals surface area contributed by atoms with E-state index in [1.54, 1.807) is 12.3 Å². The van der Waals surface area contributed by atoms with Gasteiger partial charge in [0.2, 0.25) is 15.9 Å². The van der Waals surface area contributed by atoms with E-state index in [1.165, 1.54) is 21.9 Å². The number of nitrogens with zero attached hydrogens (tertiary/aromatic N) is 2. The molecule has 160 valence electrons. The SMILES string of the molecule is CC(NC(=O)C1CCN(S(=O)(=O)c2ccc3c(c2)CCCC3)CC1)c1ccccn1. The molecule has 1 amide bonds. The molecule has 0 saturated carbocycles. The van der Waals surface area contributed by atoms with Crippen LogP contribution in [0.25, 0.3) is 0 Å². The highest BCUT2D eigenvalue weighted by Gasteiger charge is 2.33. The van der Waals surface area contributed by atoms with Gasteiger partial charge in [-0.3, -0.25) is 9.78 Å². The largest absolute Gasteiger partial charge is 0.348 e. The number of carbonyl (C=O) groups is 1. The fraction of sp³-hybridized carbons (Fsp3) is 0.478. The molecular weight excluding hydrogens is 398 g/mol. The van der Waals surface area contributed by atoms with Crippen molar-refractivity contribution in [2.45, 2.75) is 56.4 Å². The summed E-state index contributed by atoms with van der Waals surface area (Å²) in [5.41, 5.74) is 3.26. The Kier molecular flexibility index (Phi) is 6.20. The summed E-state index contributed by atoms with van der Waals surface area (Å²) < 4.78 is 27.8. The van der Waals surface area contributed by atoms with Gasteiger partial charge in [-0.25, -0.2) is 8.42 Å². The maximum absolute atomic E-state index is 13.1. The summed E-state index contributed by atoms with van der Waals surface area (Å²) in [6, 6.07) is 11.0. The molecule has 1 atom stereocenters. The number of sulfonamides is 1. The molecule has 0 bridgehead atoms. The average Bonchev–Trinajstić information content (AvgIpc) is 2.79. The minimum absolute atomic E-state index is 0.0287. The standard InChI is InChI=1S/C23H29N3O3S/c1-17(22-8-4-5-13-24-22)25-23(27)19-11-14-26(15-12-19)30(28,29)21-10-9-18-6-2-3-7-20(18)16-21/h4-5,8-10,13,16-17,19H,2-3,6-7,11-12,14-15H2,1H3,(H,25,27). The van der Waals surface area contributed by atoms with Crippen molar-refractivity contribution >= 4 is 15.9 Å². The first kappa shape index (κ1) is 21.0. The van der Waals surface area contributed by atoms with E-state index in [1.807, 2.05) is 37.3 Å². The zero-order valence-electron chi connectivity index (χ0n) is 17.4. The van der Waals surface area contributed by atoms with Gasteiger partial charge in [-0.2, -0.15) is 4.31 Å². The quantitative estimate of drug-likeness (QED) is 0.795. The van der Waals surface area contributed by atoms with Crippen LogP contribution in [0.15, 0.2) is 47.5 Å². The summed E-state index contributed by atoms with van der Waals surface area (Å²) in [6.07, 6.45) is 7.06. The van der Waals surface area contributed by atoms with Crippen molar-refractivity contribution in [3.8, 4) is 0 Å². The van der Waals surface area contributed by atoms with Crippen molar-refractivity contribution in [1.29, 1.82) is 0 Å². The Morgan fingerprint density at radius 3 is 2.53 bits per heavy atom. The molecule has 2 aliphatic rings. The van der Waals surface area contributed by atoms with Crippen LogP contribution in [0.1, 0.15) is 55.5 Å². The number of aryl methyl sites for hydroxylation is 2. The molecule has 1 aliphatic carbocycles.